The Labute approximate surface area is 177 Å². The van der Waals surface area contributed by atoms with Crippen LogP contribution in [0.5, 0.6) is 0 Å². The van der Waals surface area contributed by atoms with Gasteiger partial charge in [0, 0.05) is 25.1 Å². The van der Waals surface area contributed by atoms with Crippen molar-refractivity contribution in [2.75, 3.05) is 19.6 Å². The van der Waals surface area contributed by atoms with E-state index >= 15 is 0 Å². The van der Waals surface area contributed by atoms with Gasteiger partial charge >= 0.3 is 0 Å². The van der Waals surface area contributed by atoms with Crippen LogP contribution in [0.2, 0.25) is 0 Å². The summed E-state index contributed by atoms with van der Waals surface area (Å²) in [5, 5.41) is 21.0. The van der Waals surface area contributed by atoms with Crippen LogP contribution < -0.4 is 10.6 Å². The summed E-state index contributed by atoms with van der Waals surface area (Å²) >= 11 is 0. The van der Waals surface area contributed by atoms with E-state index < -0.39 is 5.60 Å². The average Bonchev–Trinajstić information content (AvgIpc) is 3.14. The van der Waals surface area contributed by atoms with E-state index in [1.54, 1.807) is 13.8 Å². The maximum atomic E-state index is 10.8. The van der Waals surface area contributed by atoms with E-state index in [4.69, 9.17) is 8.94 Å². The molecule has 2 aromatic heterocycles. The number of halogens is 1. The standard InChI is InChI=1S/C18H29N5O3.HI/c1-6-19-17(20-9-7-8-16-22-14(4)23-26-16)21-11-18(5,24)15-10-12(2)25-13(15)3;/h10,24H,6-9,11H2,1-5H3,(H2,19,20,21);1H. The smallest absolute Gasteiger partial charge is 0.226 e. The van der Waals surface area contributed by atoms with Gasteiger partial charge in [0.05, 0.1) is 6.54 Å². The predicted octanol–water partition coefficient (Wildman–Crippen LogP) is 2.60. The average molecular weight is 491 g/mol. The van der Waals surface area contributed by atoms with Gasteiger partial charge in [-0.1, -0.05) is 5.16 Å². The zero-order chi connectivity index (χ0) is 19.2. The summed E-state index contributed by atoms with van der Waals surface area (Å²) in [4.78, 5) is 8.69. The van der Waals surface area contributed by atoms with Gasteiger partial charge < -0.3 is 24.7 Å². The molecule has 9 heteroatoms. The Morgan fingerprint density at radius 1 is 1.30 bits per heavy atom. The number of aliphatic hydroxyl groups is 1. The molecule has 2 heterocycles. The Bertz CT molecular complexity index is 739. The summed E-state index contributed by atoms with van der Waals surface area (Å²) in [7, 11) is 0. The van der Waals surface area contributed by atoms with Crippen molar-refractivity contribution in [2.24, 2.45) is 4.99 Å². The van der Waals surface area contributed by atoms with Crippen LogP contribution in [0.1, 0.15) is 49.1 Å². The number of hydrogen-bond acceptors (Lipinski definition) is 6. The second-order valence-electron chi connectivity index (χ2n) is 6.56. The molecule has 27 heavy (non-hydrogen) atoms. The van der Waals surface area contributed by atoms with Crippen molar-refractivity contribution < 1.29 is 14.0 Å². The minimum absolute atomic E-state index is 0. The Morgan fingerprint density at radius 2 is 2.04 bits per heavy atom. The fraction of sp³-hybridized carbons (Fsp3) is 0.611. The zero-order valence-electron chi connectivity index (χ0n) is 16.6. The number of guanidine groups is 1. The molecule has 1 unspecified atom stereocenters. The first-order chi connectivity index (χ1) is 12.3. The molecular weight excluding hydrogens is 461 g/mol. The van der Waals surface area contributed by atoms with Gasteiger partial charge in [-0.15, -0.1) is 24.0 Å². The molecule has 8 nitrogen and oxygen atoms in total. The Kier molecular flexibility index (Phi) is 9.23. The fourth-order valence-electron chi connectivity index (χ4n) is 2.71. The molecule has 152 valence electrons. The first kappa shape index (κ1) is 23.4. The normalized spacial score (nSPS) is 13.8. The summed E-state index contributed by atoms with van der Waals surface area (Å²) in [6.07, 6.45) is 1.54. The molecule has 3 N–H and O–H groups in total. The Morgan fingerprint density at radius 3 is 2.59 bits per heavy atom. The SMILES string of the molecule is CCNC(=NCC(C)(O)c1cc(C)oc1C)NCCCc1nc(C)no1.I. The molecule has 0 spiro atoms. The predicted molar refractivity (Wildman–Crippen MR) is 115 cm³/mol. The van der Waals surface area contributed by atoms with E-state index in [0.717, 1.165) is 30.0 Å². The van der Waals surface area contributed by atoms with Crippen molar-refractivity contribution in [3.8, 4) is 0 Å². The molecule has 0 fully saturated rings. The van der Waals surface area contributed by atoms with E-state index in [1.165, 1.54) is 0 Å². The van der Waals surface area contributed by atoms with Gasteiger partial charge in [0.25, 0.3) is 0 Å². The molecule has 0 bridgehead atoms. The van der Waals surface area contributed by atoms with Crippen LogP contribution in [-0.2, 0) is 12.0 Å². The third-order valence-corrected chi connectivity index (χ3v) is 3.94. The number of aliphatic imine (C=N–C) groups is 1. The highest BCUT2D eigenvalue weighted by molar-refractivity contribution is 14.0. The lowest BCUT2D eigenvalue weighted by molar-refractivity contribution is 0.0657. The molecule has 2 rings (SSSR count). The van der Waals surface area contributed by atoms with E-state index in [0.29, 0.717) is 30.6 Å². The van der Waals surface area contributed by atoms with Crippen LogP contribution in [0.25, 0.3) is 0 Å². The number of aryl methyl sites for hydroxylation is 4. The molecule has 0 amide bonds. The van der Waals surface area contributed by atoms with Crippen LogP contribution in [-0.4, -0.2) is 40.8 Å². The molecule has 0 aliphatic rings. The van der Waals surface area contributed by atoms with Crippen molar-refractivity contribution in [1.29, 1.82) is 0 Å². The first-order valence-corrected chi connectivity index (χ1v) is 8.93. The van der Waals surface area contributed by atoms with Gasteiger partial charge in [-0.25, -0.2) is 4.99 Å². The third-order valence-electron chi connectivity index (χ3n) is 3.94. The summed E-state index contributed by atoms with van der Waals surface area (Å²) < 4.78 is 10.6. The van der Waals surface area contributed by atoms with Crippen LogP contribution >= 0.6 is 24.0 Å². The maximum absolute atomic E-state index is 10.8. The number of aromatic nitrogens is 2. The maximum Gasteiger partial charge on any atom is 0.226 e. The minimum atomic E-state index is -1.09. The van der Waals surface area contributed by atoms with E-state index in [9.17, 15) is 5.11 Å². The van der Waals surface area contributed by atoms with Gasteiger partial charge in [-0.3, -0.25) is 0 Å². The van der Waals surface area contributed by atoms with E-state index in [1.807, 2.05) is 26.8 Å². The number of furan rings is 1. The third kappa shape index (κ3) is 7.13. The van der Waals surface area contributed by atoms with Crippen molar-refractivity contribution in [3.63, 3.8) is 0 Å². The van der Waals surface area contributed by atoms with Crippen LogP contribution in [0, 0.1) is 20.8 Å². The summed E-state index contributed by atoms with van der Waals surface area (Å²) in [6, 6.07) is 1.86. The lowest BCUT2D eigenvalue weighted by Crippen LogP contribution is -2.39. The molecule has 2 aromatic rings. The zero-order valence-corrected chi connectivity index (χ0v) is 19.0. The van der Waals surface area contributed by atoms with Gasteiger partial charge in [0.2, 0.25) is 5.89 Å². The molecule has 0 radical (unpaired) electrons. The molecule has 1 atom stereocenters. The lowest BCUT2D eigenvalue weighted by Gasteiger charge is -2.21. The molecule has 0 saturated carbocycles. The highest BCUT2D eigenvalue weighted by atomic mass is 127. The number of nitrogens with zero attached hydrogens (tertiary/aromatic N) is 3. The molecular formula is C18H30IN5O3. The first-order valence-electron chi connectivity index (χ1n) is 8.93. The van der Waals surface area contributed by atoms with Gasteiger partial charge in [-0.05, 0) is 47.1 Å². The van der Waals surface area contributed by atoms with Crippen molar-refractivity contribution in [2.45, 2.75) is 53.1 Å². The fourth-order valence-corrected chi connectivity index (χ4v) is 2.71. The quantitative estimate of drug-likeness (QED) is 0.226. The summed E-state index contributed by atoms with van der Waals surface area (Å²) in [5.41, 5.74) is -0.327. The highest BCUT2D eigenvalue weighted by Gasteiger charge is 2.27. The second-order valence-corrected chi connectivity index (χ2v) is 6.56. The largest absolute Gasteiger partial charge is 0.466 e. The van der Waals surface area contributed by atoms with Gasteiger partial charge in [0.1, 0.15) is 17.1 Å². The van der Waals surface area contributed by atoms with Crippen molar-refractivity contribution in [1.82, 2.24) is 20.8 Å². The summed E-state index contributed by atoms with van der Waals surface area (Å²) in [5.74, 6) is 3.45. The highest BCUT2D eigenvalue weighted by Crippen LogP contribution is 2.27. The minimum Gasteiger partial charge on any atom is -0.466 e. The number of rotatable bonds is 8. The molecule has 0 saturated heterocycles. The number of hydrogen-bond donors (Lipinski definition) is 3. The van der Waals surface area contributed by atoms with Gasteiger partial charge in [0.15, 0.2) is 11.8 Å². The van der Waals surface area contributed by atoms with Crippen LogP contribution in [0.3, 0.4) is 0 Å². The monoisotopic (exact) mass is 491 g/mol. The lowest BCUT2D eigenvalue weighted by atomic mass is 9.96. The van der Waals surface area contributed by atoms with E-state index in [2.05, 4.69) is 25.8 Å². The van der Waals surface area contributed by atoms with E-state index in [-0.39, 0.29) is 30.5 Å². The van der Waals surface area contributed by atoms with Crippen molar-refractivity contribution >= 4 is 29.9 Å². The molecule has 0 aliphatic heterocycles. The number of nitrogens with one attached hydrogen (secondary N) is 2. The van der Waals surface area contributed by atoms with Crippen LogP contribution in [0.4, 0.5) is 0 Å². The summed E-state index contributed by atoms with van der Waals surface area (Å²) in [6.45, 7) is 10.9. The van der Waals surface area contributed by atoms with Crippen LogP contribution in [0.15, 0.2) is 20.0 Å². The molecule has 0 aliphatic carbocycles. The molecule has 0 aromatic carbocycles. The Hall–Kier alpha value is -1.62. The van der Waals surface area contributed by atoms with Gasteiger partial charge in [-0.2, -0.15) is 4.98 Å². The Balaban J connectivity index is 0.00000364. The topological polar surface area (TPSA) is 109 Å². The second kappa shape index (κ2) is 10.6. The van der Waals surface area contributed by atoms with Crippen molar-refractivity contribution in [3.05, 3.63) is 34.9 Å².